The molecule has 0 radical (unpaired) electrons. The van der Waals surface area contributed by atoms with Gasteiger partial charge < -0.3 is 14.4 Å². The van der Waals surface area contributed by atoms with Crippen LogP contribution in [0.5, 0.6) is 5.75 Å². The molecule has 2 aromatic rings. The Morgan fingerprint density at radius 3 is 2.68 bits per heavy atom. The molecular formula is C19H23N3O3. The Kier molecular flexibility index (Phi) is 4.99. The van der Waals surface area contributed by atoms with Crippen LogP contribution in [0.25, 0.3) is 0 Å². The average molecular weight is 341 g/mol. The second-order valence-corrected chi connectivity index (χ2v) is 6.48. The van der Waals surface area contributed by atoms with Gasteiger partial charge in [0, 0.05) is 13.7 Å². The van der Waals surface area contributed by atoms with E-state index in [0.29, 0.717) is 25.4 Å². The third-order valence-electron chi connectivity index (χ3n) is 4.64. The fraction of sp³-hybridized carbons (Fsp3) is 0.421. The van der Waals surface area contributed by atoms with Gasteiger partial charge in [0.05, 0.1) is 12.2 Å². The standard InChI is InChI=1S/C19H23N3O3/c1-14-6-4-5-7-17(14)25-13-19(24-3)10-11-22(12-19)18(23)16-9-8-15(2)20-21-16/h4-9H,10-13H2,1-3H3/t19-/m1/s1. The number of para-hydroxylation sites is 1. The molecule has 132 valence electrons. The quantitative estimate of drug-likeness (QED) is 0.835. The lowest BCUT2D eigenvalue weighted by molar-refractivity contribution is -0.0344. The average Bonchev–Trinajstić information content (AvgIpc) is 3.06. The number of likely N-dealkylation sites (tertiary alicyclic amines) is 1. The van der Waals surface area contributed by atoms with E-state index in [-0.39, 0.29) is 5.91 Å². The zero-order valence-electron chi connectivity index (χ0n) is 14.9. The van der Waals surface area contributed by atoms with Crippen molar-refractivity contribution >= 4 is 5.91 Å². The maximum Gasteiger partial charge on any atom is 0.274 e. The first kappa shape index (κ1) is 17.4. The lowest BCUT2D eigenvalue weighted by Crippen LogP contribution is -2.42. The SMILES string of the molecule is CO[C@]1(COc2ccccc2C)CCN(C(=O)c2ccc(C)nn2)C1. The van der Waals surface area contributed by atoms with Crippen molar-refractivity contribution in [2.45, 2.75) is 25.9 Å². The molecule has 1 aromatic carbocycles. The van der Waals surface area contributed by atoms with Crippen LogP contribution in [0.2, 0.25) is 0 Å². The van der Waals surface area contributed by atoms with E-state index < -0.39 is 5.60 Å². The molecule has 3 rings (SSSR count). The van der Waals surface area contributed by atoms with Gasteiger partial charge in [0.1, 0.15) is 18.0 Å². The third kappa shape index (κ3) is 3.79. The van der Waals surface area contributed by atoms with Crippen LogP contribution in [-0.2, 0) is 4.74 Å². The predicted octanol–water partition coefficient (Wildman–Crippen LogP) is 2.40. The van der Waals surface area contributed by atoms with Crippen molar-refractivity contribution in [3.63, 3.8) is 0 Å². The first-order valence-electron chi connectivity index (χ1n) is 8.36. The van der Waals surface area contributed by atoms with Crippen molar-refractivity contribution in [1.82, 2.24) is 15.1 Å². The molecule has 0 saturated carbocycles. The van der Waals surface area contributed by atoms with Gasteiger partial charge in [-0.05, 0) is 44.0 Å². The van der Waals surface area contributed by atoms with Crippen molar-refractivity contribution in [2.24, 2.45) is 0 Å². The maximum absolute atomic E-state index is 12.6. The van der Waals surface area contributed by atoms with Crippen LogP contribution in [0.4, 0.5) is 0 Å². The minimum absolute atomic E-state index is 0.123. The molecule has 6 nitrogen and oxygen atoms in total. The Hall–Kier alpha value is -2.47. The molecule has 0 spiro atoms. The number of hydrogen-bond donors (Lipinski definition) is 0. The van der Waals surface area contributed by atoms with Gasteiger partial charge in [-0.3, -0.25) is 4.79 Å². The Labute approximate surface area is 147 Å². The smallest absolute Gasteiger partial charge is 0.274 e. The molecule has 0 aliphatic carbocycles. The molecule has 0 bridgehead atoms. The Balaban J connectivity index is 1.67. The summed E-state index contributed by atoms with van der Waals surface area (Å²) < 4.78 is 11.7. The minimum Gasteiger partial charge on any atom is -0.490 e. The number of ether oxygens (including phenoxy) is 2. The van der Waals surface area contributed by atoms with Crippen LogP contribution in [0.1, 0.15) is 28.2 Å². The summed E-state index contributed by atoms with van der Waals surface area (Å²) in [6.07, 6.45) is 0.723. The second-order valence-electron chi connectivity index (χ2n) is 6.48. The number of methoxy groups -OCH3 is 1. The summed E-state index contributed by atoms with van der Waals surface area (Å²) in [7, 11) is 1.67. The summed E-state index contributed by atoms with van der Waals surface area (Å²) in [5, 5.41) is 7.95. The number of rotatable bonds is 5. The van der Waals surface area contributed by atoms with Crippen LogP contribution in [-0.4, -0.2) is 53.4 Å². The summed E-state index contributed by atoms with van der Waals surface area (Å²) in [6.45, 7) is 5.34. The second kappa shape index (κ2) is 7.19. The van der Waals surface area contributed by atoms with Crippen LogP contribution in [0.15, 0.2) is 36.4 Å². The number of aryl methyl sites for hydroxylation is 2. The molecule has 6 heteroatoms. The molecule has 1 aliphatic rings. The monoisotopic (exact) mass is 341 g/mol. The van der Waals surface area contributed by atoms with Crippen LogP contribution in [0, 0.1) is 13.8 Å². The summed E-state index contributed by atoms with van der Waals surface area (Å²) in [6, 6.07) is 11.4. The van der Waals surface area contributed by atoms with E-state index >= 15 is 0 Å². The van der Waals surface area contributed by atoms with Crippen molar-refractivity contribution < 1.29 is 14.3 Å². The number of amides is 1. The lowest BCUT2D eigenvalue weighted by Gasteiger charge is -2.28. The zero-order chi connectivity index (χ0) is 17.9. The summed E-state index contributed by atoms with van der Waals surface area (Å²) >= 11 is 0. The van der Waals surface area contributed by atoms with Crippen molar-refractivity contribution in [3.8, 4) is 5.75 Å². The topological polar surface area (TPSA) is 64.6 Å². The normalized spacial score (nSPS) is 19.9. The van der Waals surface area contributed by atoms with Gasteiger partial charge in [-0.25, -0.2) is 0 Å². The zero-order valence-corrected chi connectivity index (χ0v) is 14.9. The van der Waals surface area contributed by atoms with Gasteiger partial charge in [0.15, 0.2) is 5.69 Å². The van der Waals surface area contributed by atoms with Gasteiger partial charge in [-0.1, -0.05) is 18.2 Å². The van der Waals surface area contributed by atoms with Gasteiger partial charge >= 0.3 is 0 Å². The van der Waals surface area contributed by atoms with Gasteiger partial charge in [-0.15, -0.1) is 5.10 Å². The summed E-state index contributed by atoms with van der Waals surface area (Å²) in [5.41, 5.74) is 1.72. The molecule has 1 aliphatic heterocycles. The van der Waals surface area contributed by atoms with Gasteiger partial charge in [0.2, 0.25) is 0 Å². The minimum atomic E-state index is -0.504. The number of carbonyl (C=O) groups is 1. The van der Waals surface area contributed by atoms with Crippen LogP contribution in [0.3, 0.4) is 0 Å². The first-order chi connectivity index (χ1) is 12.0. The predicted molar refractivity (Wildman–Crippen MR) is 93.7 cm³/mol. The van der Waals surface area contributed by atoms with E-state index in [1.54, 1.807) is 24.1 Å². The Morgan fingerprint density at radius 1 is 1.20 bits per heavy atom. The number of nitrogens with zero attached hydrogens (tertiary/aromatic N) is 3. The van der Waals surface area contributed by atoms with Crippen molar-refractivity contribution in [3.05, 3.63) is 53.3 Å². The highest BCUT2D eigenvalue weighted by Crippen LogP contribution is 2.28. The molecule has 0 N–H and O–H groups in total. The Morgan fingerprint density at radius 2 is 2.00 bits per heavy atom. The van der Waals surface area contributed by atoms with Gasteiger partial charge in [0.25, 0.3) is 5.91 Å². The number of benzene rings is 1. The highest BCUT2D eigenvalue weighted by atomic mass is 16.5. The lowest BCUT2D eigenvalue weighted by atomic mass is 10.0. The molecule has 1 amide bonds. The van der Waals surface area contributed by atoms with E-state index in [0.717, 1.165) is 23.4 Å². The maximum atomic E-state index is 12.6. The van der Waals surface area contributed by atoms with Gasteiger partial charge in [-0.2, -0.15) is 5.10 Å². The molecule has 2 heterocycles. The fourth-order valence-corrected chi connectivity index (χ4v) is 2.96. The highest BCUT2D eigenvalue weighted by molar-refractivity contribution is 5.92. The van der Waals surface area contributed by atoms with Crippen LogP contribution >= 0.6 is 0 Å². The van der Waals surface area contributed by atoms with Crippen molar-refractivity contribution in [1.29, 1.82) is 0 Å². The van der Waals surface area contributed by atoms with E-state index in [2.05, 4.69) is 10.2 Å². The van der Waals surface area contributed by atoms with Crippen molar-refractivity contribution in [2.75, 3.05) is 26.8 Å². The molecule has 1 fully saturated rings. The molecule has 0 unspecified atom stereocenters. The molecule has 25 heavy (non-hydrogen) atoms. The van der Waals surface area contributed by atoms with Crippen LogP contribution < -0.4 is 4.74 Å². The molecule has 1 atom stereocenters. The molecule has 1 saturated heterocycles. The molecule has 1 aromatic heterocycles. The summed E-state index contributed by atoms with van der Waals surface area (Å²) in [4.78, 5) is 14.4. The largest absolute Gasteiger partial charge is 0.490 e. The number of carbonyl (C=O) groups excluding carboxylic acids is 1. The molecular weight excluding hydrogens is 318 g/mol. The van der Waals surface area contributed by atoms with E-state index in [4.69, 9.17) is 9.47 Å². The van der Waals surface area contributed by atoms with E-state index in [9.17, 15) is 4.79 Å². The first-order valence-corrected chi connectivity index (χ1v) is 8.36. The highest BCUT2D eigenvalue weighted by Gasteiger charge is 2.41. The number of hydrogen-bond acceptors (Lipinski definition) is 5. The summed E-state index contributed by atoms with van der Waals surface area (Å²) in [5.74, 6) is 0.718. The third-order valence-corrected chi connectivity index (χ3v) is 4.64. The van der Waals surface area contributed by atoms with E-state index in [1.807, 2.05) is 38.1 Å². The Bertz CT molecular complexity index is 748. The fourth-order valence-electron chi connectivity index (χ4n) is 2.96. The van der Waals surface area contributed by atoms with E-state index in [1.165, 1.54) is 0 Å². The number of aromatic nitrogens is 2.